The molecule has 0 atom stereocenters. The largest absolute Gasteiger partial charge is 0.382 e. The van der Waals surface area contributed by atoms with Gasteiger partial charge in [-0.2, -0.15) is 0 Å². The third-order valence-electron chi connectivity index (χ3n) is 3.74. The van der Waals surface area contributed by atoms with Crippen molar-refractivity contribution in [1.29, 1.82) is 0 Å². The van der Waals surface area contributed by atoms with Gasteiger partial charge >= 0.3 is 0 Å². The lowest BCUT2D eigenvalue weighted by Crippen LogP contribution is -2.03. The number of aromatic nitrogens is 5. The normalized spacial score (nSPS) is 11.0. The smallest absolute Gasteiger partial charge is 0.166 e. The molecule has 0 aliphatic carbocycles. The molecule has 130 valence electrons. The van der Waals surface area contributed by atoms with Gasteiger partial charge in [0.1, 0.15) is 23.8 Å². The Hall–Kier alpha value is -3.62. The van der Waals surface area contributed by atoms with Crippen LogP contribution in [0, 0.1) is 11.6 Å². The summed E-state index contributed by atoms with van der Waals surface area (Å²) in [5.41, 5.74) is 8.16. The third-order valence-corrected chi connectivity index (χ3v) is 3.74. The molecule has 0 amide bonds. The molecular weight excluding hydrogens is 340 g/mol. The molecule has 4 rings (SSSR count). The summed E-state index contributed by atoms with van der Waals surface area (Å²) in [5, 5.41) is 7.21. The van der Waals surface area contributed by atoms with Crippen LogP contribution < -0.4 is 11.1 Å². The molecule has 0 radical (unpaired) electrons. The minimum absolute atomic E-state index is 0.202. The average Bonchev–Trinajstić information content (AvgIpc) is 2.95. The van der Waals surface area contributed by atoms with E-state index >= 15 is 0 Å². The number of nitrogens with zero attached hydrogens (tertiary/aromatic N) is 5. The highest BCUT2D eigenvalue weighted by Gasteiger charge is 2.15. The first-order chi connectivity index (χ1) is 12.6. The van der Waals surface area contributed by atoms with Crippen LogP contribution in [0.1, 0.15) is 5.56 Å². The lowest BCUT2D eigenvalue weighted by Gasteiger charge is -2.07. The van der Waals surface area contributed by atoms with Crippen LogP contribution in [0.5, 0.6) is 0 Å². The van der Waals surface area contributed by atoms with Gasteiger partial charge in [0, 0.05) is 31.1 Å². The Bertz CT molecular complexity index is 1070. The van der Waals surface area contributed by atoms with Crippen molar-refractivity contribution in [2.24, 2.45) is 0 Å². The van der Waals surface area contributed by atoms with E-state index in [1.807, 2.05) is 0 Å². The Balaban J connectivity index is 1.63. The number of halogens is 2. The highest BCUT2D eigenvalue weighted by atomic mass is 19.1. The van der Waals surface area contributed by atoms with E-state index in [0.717, 1.165) is 6.07 Å². The van der Waals surface area contributed by atoms with Crippen molar-refractivity contribution >= 4 is 17.3 Å². The number of benzene rings is 1. The van der Waals surface area contributed by atoms with Crippen LogP contribution >= 0.6 is 0 Å². The Morgan fingerprint density at radius 1 is 1.04 bits per heavy atom. The topological polar surface area (TPSA) is 94.0 Å². The van der Waals surface area contributed by atoms with E-state index in [2.05, 4.69) is 25.4 Å². The molecule has 0 aliphatic rings. The minimum atomic E-state index is -0.629. The molecule has 0 fully saturated rings. The predicted molar refractivity (Wildman–Crippen MR) is 92.1 cm³/mol. The second kappa shape index (κ2) is 6.36. The molecule has 7 nitrogen and oxygen atoms in total. The van der Waals surface area contributed by atoms with E-state index in [4.69, 9.17) is 5.73 Å². The van der Waals surface area contributed by atoms with Gasteiger partial charge in [0.25, 0.3) is 0 Å². The number of nitrogens with one attached hydrogen (secondary N) is 1. The summed E-state index contributed by atoms with van der Waals surface area (Å²) in [6, 6.07) is 6.76. The summed E-state index contributed by atoms with van der Waals surface area (Å²) < 4.78 is 28.1. The summed E-state index contributed by atoms with van der Waals surface area (Å²) in [6.07, 6.45) is 4.75. The first-order valence-electron chi connectivity index (χ1n) is 7.70. The number of rotatable bonds is 4. The summed E-state index contributed by atoms with van der Waals surface area (Å²) in [4.78, 5) is 12.6. The molecule has 0 unspecified atom stereocenters. The van der Waals surface area contributed by atoms with E-state index in [-0.39, 0.29) is 6.54 Å². The minimum Gasteiger partial charge on any atom is -0.382 e. The summed E-state index contributed by atoms with van der Waals surface area (Å²) in [5.74, 6) is -0.485. The molecule has 1 aromatic carbocycles. The molecule has 0 saturated heterocycles. The number of nitrogen functional groups attached to an aromatic ring is 1. The van der Waals surface area contributed by atoms with Crippen LogP contribution in [0.3, 0.4) is 0 Å². The average molecular weight is 353 g/mol. The first-order valence-corrected chi connectivity index (χ1v) is 7.70. The monoisotopic (exact) mass is 353 g/mol. The van der Waals surface area contributed by atoms with Gasteiger partial charge in [0.05, 0.1) is 11.3 Å². The number of nitrogens with two attached hydrogens (primary N) is 1. The highest BCUT2D eigenvalue weighted by molar-refractivity contribution is 5.84. The van der Waals surface area contributed by atoms with Gasteiger partial charge in [-0.25, -0.2) is 28.2 Å². The molecule has 0 spiro atoms. The van der Waals surface area contributed by atoms with Crippen LogP contribution in [0.25, 0.3) is 16.9 Å². The van der Waals surface area contributed by atoms with Crippen molar-refractivity contribution in [1.82, 2.24) is 24.6 Å². The van der Waals surface area contributed by atoms with Crippen LogP contribution in [-0.2, 0) is 6.54 Å². The van der Waals surface area contributed by atoms with Gasteiger partial charge in [-0.1, -0.05) is 0 Å². The van der Waals surface area contributed by atoms with Crippen LogP contribution in [0.4, 0.5) is 20.4 Å². The van der Waals surface area contributed by atoms with Crippen LogP contribution in [0.2, 0.25) is 0 Å². The molecule has 26 heavy (non-hydrogen) atoms. The Kier molecular flexibility index (Phi) is 3.88. The fourth-order valence-electron chi connectivity index (χ4n) is 2.65. The van der Waals surface area contributed by atoms with Crippen LogP contribution in [0.15, 0.2) is 49.1 Å². The first kappa shape index (κ1) is 15.9. The highest BCUT2D eigenvalue weighted by Crippen LogP contribution is 2.28. The van der Waals surface area contributed by atoms with Crippen molar-refractivity contribution in [2.45, 2.75) is 6.54 Å². The van der Waals surface area contributed by atoms with Gasteiger partial charge in [0.15, 0.2) is 11.5 Å². The molecule has 0 aliphatic heterocycles. The summed E-state index contributed by atoms with van der Waals surface area (Å²) in [6.45, 7) is 0.202. The Morgan fingerprint density at radius 3 is 2.65 bits per heavy atom. The number of hydrogen-bond donors (Lipinski definition) is 2. The molecular formula is C17H13F2N7. The summed E-state index contributed by atoms with van der Waals surface area (Å²) in [7, 11) is 0. The van der Waals surface area contributed by atoms with E-state index in [1.54, 1.807) is 29.0 Å². The third kappa shape index (κ3) is 3.02. The fourth-order valence-corrected chi connectivity index (χ4v) is 2.65. The molecule has 0 bridgehead atoms. The second-order valence-electron chi connectivity index (χ2n) is 5.57. The Morgan fingerprint density at radius 2 is 1.85 bits per heavy atom. The van der Waals surface area contributed by atoms with Gasteiger partial charge in [-0.3, -0.25) is 0 Å². The van der Waals surface area contributed by atoms with E-state index in [9.17, 15) is 8.78 Å². The summed E-state index contributed by atoms with van der Waals surface area (Å²) >= 11 is 0. The number of anilines is 2. The van der Waals surface area contributed by atoms with Crippen molar-refractivity contribution in [3.8, 4) is 11.3 Å². The van der Waals surface area contributed by atoms with Crippen molar-refractivity contribution < 1.29 is 8.78 Å². The maximum atomic E-state index is 13.3. The van der Waals surface area contributed by atoms with E-state index in [1.165, 1.54) is 18.5 Å². The molecule has 0 saturated carbocycles. The van der Waals surface area contributed by atoms with E-state index < -0.39 is 11.6 Å². The number of fused-ring (bicyclic) bond motifs is 1. The fraction of sp³-hybridized carbons (Fsp3) is 0.0588. The van der Waals surface area contributed by atoms with Gasteiger partial charge in [-0.05, 0) is 23.8 Å². The maximum absolute atomic E-state index is 13.3. The van der Waals surface area contributed by atoms with Crippen LogP contribution in [-0.4, -0.2) is 24.6 Å². The lowest BCUT2D eigenvalue weighted by atomic mass is 10.2. The molecule has 9 heteroatoms. The molecule has 3 heterocycles. The zero-order valence-corrected chi connectivity index (χ0v) is 13.4. The van der Waals surface area contributed by atoms with Gasteiger partial charge < -0.3 is 11.1 Å². The Labute approximate surface area is 146 Å². The predicted octanol–water partition coefficient (Wildman–Crippen LogP) is 2.66. The van der Waals surface area contributed by atoms with Crippen molar-refractivity contribution in [2.75, 3.05) is 11.1 Å². The van der Waals surface area contributed by atoms with E-state index in [0.29, 0.717) is 34.1 Å². The second-order valence-corrected chi connectivity index (χ2v) is 5.57. The van der Waals surface area contributed by atoms with Gasteiger partial charge in [-0.15, -0.1) is 5.10 Å². The zero-order chi connectivity index (χ0) is 18.1. The van der Waals surface area contributed by atoms with Gasteiger partial charge in [0.2, 0.25) is 0 Å². The number of hydrogen-bond acceptors (Lipinski definition) is 6. The van der Waals surface area contributed by atoms with Crippen molar-refractivity contribution in [3.05, 3.63) is 66.3 Å². The molecule has 3 aromatic heterocycles. The zero-order valence-electron chi connectivity index (χ0n) is 13.4. The quantitative estimate of drug-likeness (QED) is 0.586. The lowest BCUT2D eigenvalue weighted by molar-refractivity contribution is 0.580. The maximum Gasteiger partial charge on any atom is 0.166 e. The standard InChI is InChI=1S/C17H13F2N7/c18-11-4-10(5-12(19)6-11)8-22-14-7-13(23-9-24-14)15-16(20)25-26-3-1-2-21-17(15)26/h1-7,9H,8H2,(H2,20,25)(H,22,23,24). The molecule has 3 N–H and O–H groups in total. The SMILES string of the molecule is Nc1nn2cccnc2c1-c1cc(NCc2cc(F)cc(F)c2)ncn1. The molecule has 4 aromatic rings. The van der Waals surface area contributed by atoms with Crippen molar-refractivity contribution in [3.63, 3.8) is 0 Å².